The molecule has 0 saturated carbocycles. The molecule has 6 aromatic carbocycles. The summed E-state index contributed by atoms with van der Waals surface area (Å²) in [4.78, 5) is 19.2. The third-order valence-electron chi connectivity index (χ3n) is 9.82. The molecular weight excluding hydrogens is 597 g/mol. The summed E-state index contributed by atoms with van der Waals surface area (Å²) in [5, 5.41) is 2.31. The first-order valence-electron chi connectivity index (χ1n) is 16.6. The largest absolute Gasteiger partial charge is 0.264 e. The van der Waals surface area contributed by atoms with E-state index in [2.05, 4.69) is 128 Å². The van der Waals surface area contributed by atoms with Crippen molar-refractivity contribution >= 4 is 10.8 Å². The zero-order valence-electron chi connectivity index (χ0n) is 27.3. The smallest absolute Gasteiger partial charge is 0.164 e. The Morgan fingerprint density at radius 2 is 0.959 bits per heavy atom. The molecule has 0 unspecified atom stereocenters. The highest BCUT2D eigenvalue weighted by Gasteiger charge is 2.36. The first-order chi connectivity index (χ1) is 24.0. The molecule has 0 N–H and O–H groups in total. The second kappa shape index (κ2) is 11.5. The maximum absolute atomic E-state index is 5.01. The lowest BCUT2D eigenvalue weighted by Crippen LogP contribution is -2.14. The van der Waals surface area contributed by atoms with Gasteiger partial charge in [-0.3, -0.25) is 4.98 Å². The number of aromatic nitrogens is 4. The van der Waals surface area contributed by atoms with E-state index in [4.69, 9.17) is 15.0 Å². The average Bonchev–Trinajstić information content (AvgIpc) is 3.41. The predicted octanol–water partition coefficient (Wildman–Crippen LogP) is 11.1. The van der Waals surface area contributed by atoms with Gasteiger partial charge in [0, 0.05) is 34.5 Å². The zero-order chi connectivity index (χ0) is 33.0. The number of rotatable bonds is 5. The van der Waals surface area contributed by atoms with Gasteiger partial charge in [0.25, 0.3) is 0 Å². The lowest BCUT2D eigenvalue weighted by Gasteiger charge is -2.21. The van der Waals surface area contributed by atoms with Crippen molar-refractivity contribution < 1.29 is 0 Å². The lowest BCUT2D eigenvalue weighted by molar-refractivity contribution is 0.660. The van der Waals surface area contributed by atoms with Crippen LogP contribution in [0.2, 0.25) is 0 Å². The van der Waals surface area contributed by atoms with Crippen molar-refractivity contribution in [1.29, 1.82) is 0 Å². The van der Waals surface area contributed by atoms with Gasteiger partial charge in [-0.25, -0.2) is 15.0 Å². The molecule has 0 bridgehead atoms. The molecule has 49 heavy (non-hydrogen) atoms. The molecule has 4 nitrogen and oxygen atoms in total. The third-order valence-corrected chi connectivity index (χ3v) is 9.82. The highest BCUT2D eigenvalue weighted by Crippen LogP contribution is 2.52. The summed E-state index contributed by atoms with van der Waals surface area (Å²) in [6, 6.07) is 51.3. The highest BCUT2D eigenvalue weighted by atomic mass is 15.0. The molecule has 9 rings (SSSR count). The van der Waals surface area contributed by atoms with Crippen molar-refractivity contribution in [3.05, 3.63) is 169 Å². The summed E-state index contributed by atoms with van der Waals surface area (Å²) in [5.41, 5.74) is 12.9. The van der Waals surface area contributed by atoms with Crippen LogP contribution < -0.4 is 0 Å². The Kier molecular flexibility index (Phi) is 6.77. The van der Waals surface area contributed by atoms with Crippen LogP contribution in [0.3, 0.4) is 0 Å². The fraction of sp³-hybridized carbons (Fsp3) is 0.0667. The lowest BCUT2D eigenvalue weighted by atomic mass is 9.82. The fourth-order valence-corrected chi connectivity index (χ4v) is 7.24. The van der Waals surface area contributed by atoms with E-state index in [0.717, 1.165) is 33.2 Å². The van der Waals surface area contributed by atoms with Gasteiger partial charge in [0.15, 0.2) is 17.5 Å². The number of hydrogen-bond donors (Lipinski definition) is 0. The molecular formula is C45H32N4. The van der Waals surface area contributed by atoms with E-state index in [-0.39, 0.29) is 5.41 Å². The quantitative estimate of drug-likeness (QED) is 0.190. The second-order valence-corrected chi connectivity index (χ2v) is 13.2. The maximum Gasteiger partial charge on any atom is 0.164 e. The monoisotopic (exact) mass is 628 g/mol. The minimum Gasteiger partial charge on any atom is -0.264 e. The van der Waals surface area contributed by atoms with E-state index in [1.54, 1.807) is 6.20 Å². The van der Waals surface area contributed by atoms with Gasteiger partial charge in [-0.15, -0.1) is 0 Å². The summed E-state index contributed by atoms with van der Waals surface area (Å²) in [6.45, 7) is 4.66. The zero-order valence-corrected chi connectivity index (χ0v) is 27.3. The third kappa shape index (κ3) is 5.01. The van der Waals surface area contributed by atoms with Crippen molar-refractivity contribution in [2.24, 2.45) is 0 Å². The number of fused-ring (bicyclic) bond motifs is 4. The predicted molar refractivity (Wildman–Crippen MR) is 200 cm³/mol. The molecule has 0 spiro atoms. The van der Waals surface area contributed by atoms with Crippen LogP contribution >= 0.6 is 0 Å². The van der Waals surface area contributed by atoms with Gasteiger partial charge in [-0.2, -0.15) is 0 Å². The van der Waals surface area contributed by atoms with Crippen molar-refractivity contribution in [2.45, 2.75) is 19.3 Å². The molecule has 0 saturated heterocycles. The minimum atomic E-state index is -0.0307. The van der Waals surface area contributed by atoms with Crippen molar-refractivity contribution in [3.8, 4) is 67.5 Å². The Hall–Kier alpha value is -6.26. The molecule has 0 radical (unpaired) electrons. The van der Waals surface area contributed by atoms with Gasteiger partial charge in [0.1, 0.15) is 0 Å². The highest BCUT2D eigenvalue weighted by molar-refractivity contribution is 5.96. The Balaban J connectivity index is 1.12. The number of benzene rings is 6. The van der Waals surface area contributed by atoms with Gasteiger partial charge in [0.2, 0.25) is 0 Å². The van der Waals surface area contributed by atoms with Crippen LogP contribution in [0.1, 0.15) is 25.0 Å². The fourth-order valence-electron chi connectivity index (χ4n) is 7.24. The summed E-state index contributed by atoms with van der Waals surface area (Å²) < 4.78 is 0. The molecule has 1 aliphatic carbocycles. The van der Waals surface area contributed by atoms with Crippen LogP contribution in [0.15, 0.2) is 158 Å². The van der Waals surface area contributed by atoms with Crippen LogP contribution in [-0.2, 0) is 5.41 Å². The van der Waals surface area contributed by atoms with Gasteiger partial charge < -0.3 is 0 Å². The van der Waals surface area contributed by atoms with Crippen molar-refractivity contribution in [1.82, 2.24) is 19.9 Å². The maximum atomic E-state index is 5.01. The van der Waals surface area contributed by atoms with Gasteiger partial charge in [0.05, 0.1) is 0 Å². The number of pyridine rings is 1. The first-order valence-corrected chi connectivity index (χ1v) is 16.6. The van der Waals surface area contributed by atoms with Crippen molar-refractivity contribution in [3.63, 3.8) is 0 Å². The van der Waals surface area contributed by atoms with Gasteiger partial charge >= 0.3 is 0 Å². The summed E-state index contributed by atoms with van der Waals surface area (Å²) in [6.07, 6.45) is 3.66. The van der Waals surface area contributed by atoms with Crippen LogP contribution in [-0.4, -0.2) is 19.9 Å². The second-order valence-electron chi connectivity index (χ2n) is 13.2. The van der Waals surface area contributed by atoms with Crippen molar-refractivity contribution in [2.75, 3.05) is 0 Å². The van der Waals surface area contributed by atoms with E-state index in [0.29, 0.717) is 17.5 Å². The number of nitrogens with zero attached hydrogens (tertiary/aromatic N) is 4. The Labute approximate surface area is 285 Å². The molecule has 0 aliphatic heterocycles. The molecule has 4 heteroatoms. The molecule has 0 atom stereocenters. The van der Waals surface area contributed by atoms with E-state index < -0.39 is 0 Å². The Morgan fingerprint density at radius 3 is 1.69 bits per heavy atom. The van der Waals surface area contributed by atoms with Gasteiger partial charge in [-0.05, 0) is 73.5 Å². The minimum absolute atomic E-state index is 0.0307. The molecule has 2 heterocycles. The van der Waals surface area contributed by atoms with Crippen LogP contribution in [0.25, 0.3) is 78.3 Å². The summed E-state index contributed by atoms with van der Waals surface area (Å²) in [5.74, 6) is 1.93. The molecule has 8 aromatic rings. The molecule has 2 aromatic heterocycles. The normalized spacial score (nSPS) is 12.9. The van der Waals surface area contributed by atoms with Crippen LogP contribution in [0, 0.1) is 0 Å². The Morgan fingerprint density at radius 1 is 0.408 bits per heavy atom. The van der Waals surface area contributed by atoms with E-state index >= 15 is 0 Å². The van der Waals surface area contributed by atoms with Crippen LogP contribution in [0.4, 0.5) is 0 Å². The van der Waals surface area contributed by atoms with Gasteiger partial charge in [-0.1, -0.05) is 141 Å². The number of hydrogen-bond acceptors (Lipinski definition) is 4. The standard InChI is InChI=1S/C45H32N4/c1-45(2)39-15-7-6-13-38(39)41-37(14-8-16-40(41)45)34-23-21-33-27-35(24-22-32(33)26-34)44-48-42(30-10-4-3-5-11-30)47-43(49-44)31-19-17-29(18-20-31)36-12-9-25-46-28-36/h3-28H,1-2H3. The van der Waals surface area contributed by atoms with E-state index in [9.17, 15) is 0 Å². The van der Waals surface area contributed by atoms with E-state index in [1.165, 1.54) is 38.8 Å². The van der Waals surface area contributed by atoms with E-state index in [1.807, 2.05) is 42.6 Å². The molecule has 1 aliphatic rings. The summed E-state index contributed by atoms with van der Waals surface area (Å²) >= 11 is 0. The SMILES string of the molecule is CC1(C)c2ccccc2-c2c(-c3ccc4cc(-c5nc(-c6ccccc6)nc(-c6ccc(-c7cccnc7)cc6)n5)ccc4c3)cccc21. The first kappa shape index (κ1) is 28.9. The molecule has 0 fully saturated rings. The summed E-state index contributed by atoms with van der Waals surface area (Å²) in [7, 11) is 0. The molecule has 232 valence electrons. The average molecular weight is 629 g/mol. The Bertz CT molecular complexity index is 2500. The van der Waals surface area contributed by atoms with Crippen LogP contribution in [0.5, 0.6) is 0 Å². The topological polar surface area (TPSA) is 51.6 Å². The molecule has 0 amide bonds.